The first-order valence-electron chi connectivity index (χ1n) is 6.22. The lowest BCUT2D eigenvalue weighted by Gasteiger charge is -2.06. The van der Waals surface area contributed by atoms with Crippen LogP contribution in [0.25, 0.3) is 0 Å². The number of alkyl halides is 1. The van der Waals surface area contributed by atoms with E-state index < -0.39 is 0 Å². The Bertz CT molecular complexity index is 611. The number of carbonyl (C=O) groups excluding carboxylic acids is 2. The highest BCUT2D eigenvalue weighted by molar-refractivity contribution is 9.08. The minimum absolute atomic E-state index is 0.00138. The number of Topliss-reactive ketones (excluding diaryl/α,β-unsaturated/α-hetero) is 1. The lowest BCUT2D eigenvalue weighted by Crippen LogP contribution is -2.29. The molecular weight excluding hydrogens is 318 g/mol. The van der Waals surface area contributed by atoms with Crippen molar-refractivity contribution in [2.24, 2.45) is 0 Å². The van der Waals surface area contributed by atoms with Crippen molar-refractivity contribution in [3.63, 3.8) is 0 Å². The Morgan fingerprint density at radius 2 is 1.65 bits per heavy atom. The first-order valence-corrected chi connectivity index (χ1v) is 7.34. The standard InChI is InChI=1S/C16H14BrNO2/c17-10-12-5-4-8-14(9-12)16(20)18-11-15(19)13-6-2-1-3-7-13/h1-9H,10-11H2,(H,18,20). The molecule has 0 aromatic heterocycles. The van der Waals surface area contributed by atoms with Crippen molar-refractivity contribution < 1.29 is 9.59 Å². The zero-order chi connectivity index (χ0) is 14.4. The average molecular weight is 332 g/mol. The van der Waals surface area contributed by atoms with Crippen LogP contribution in [0.4, 0.5) is 0 Å². The monoisotopic (exact) mass is 331 g/mol. The number of halogens is 1. The van der Waals surface area contributed by atoms with Gasteiger partial charge in [-0.05, 0) is 17.7 Å². The molecule has 1 amide bonds. The van der Waals surface area contributed by atoms with Crippen molar-refractivity contribution in [1.82, 2.24) is 5.32 Å². The molecule has 20 heavy (non-hydrogen) atoms. The van der Waals surface area contributed by atoms with Gasteiger partial charge in [0.1, 0.15) is 0 Å². The number of nitrogens with one attached hydrogen (secondary N) is 1. The number of rotatable bonds is 5. The fraction of sp³-hybridized carbons (Fsp3) is 0.125. The molecule has 0 aliphatic rings. The lowest BCUT2D eigenvalue weighted by molar-refractivity contribution is 0.0904. The van der Waals surface area contributed by atoms with E-state index in [0.29, 0.717) is 16.5 Å². The predicted octanol–water partition coefficient (Wildman–Crippen LogP) is 3.19. The molecule has 3 nitrogen and oxygen atoms in total. The first-order chi connectivity index (χ1) is 9.70. The molecule has 4 heteroatoms. The van der Waals surface area contributed by atoms with Crippen LogP contribution in [0.3, 0.4) is 0 Å². The minimum atomic E-state index is -0.239. The van der Waals surface area contributed by atoms with Gasteiger partial charge in [-0.25, -0.2) is 0 Å². The van der Waals surface area contributed by atoms with Crippen molar-refractivity contribution >= 4 is 27.6 Å². The molecule has 0 aliphatic carbocycles. The number of amides is 1. The second kappa shape index (κ2) is 7.01. The summed E-state index contributed by atoms with van der Waals surface area (Å²) in [6.07, 6.45) is 0. The molecule has 2 aromatic rings. The van der Waals surface area contributed by atoms with Gasteiger partial charge in [0.25, 0.3) is 5.91 Å². The maximum atomic E-state index is 12.0. The zero-order valence-electron chi connectivity index (χ0n) is 10.8. The van der Waals surface area contributed by atoms with E-state index in [1.54, 1.807) is 36.4 Å². The summed E-state index contributed by atoms with van der Waals surface area (Å²) in [5.74, 6) is -0.340. The molecule has 0 bridgehead atoms. The van der Waals surface area contributed by atoms with Gasteiger partial charge in [0.15, 0.2) is 5.78 Å². The summed E-state index contributed by atoms with van der Waals surface area (Å²) < 4.78 is 0. The second-order valence-corrected chi connectivity index (χ2v) is 4.87. The van der Waals surface area contributed by atoms with Gasteiger partial charge in [-0.3, -0.25) is 9.59 Å². The van der Waals surface area contributed by atoms with Crippen LogP contribution in [0, 0.1) is 0 Å². The van der Waals surface area contributed by atoms with Crippen LogP contribution < -0.4 is 5.32 Å². The van der Waals surface area contributed by atoms with E-state index in [4.69, 9.17) is 0 Å². The van der Waals surface area contributed by atoms with Gasteiger partial charge in [-0.2, -0.15) is 0 Å². The largest absolute Gasteiger partial charge is 0.345 e. The summed E-state index contributed by atoms with van der Waals surface area (Å²) in [5, 5.41) is 3.34. The van der Waals surface area contributed by atoms with E-state index in [-0.39, 0.29) is 18.2 Å². The Hall–Kier alpha value is -1.94. The normalized spacial score (nSPS) is 10.1. The first kappa shape index (κ1) is 14.5. The van der Waals surface area contributed by atoms with Gasteiger partial charge >= 0.3 is 0 Å². The van der Waals surface area contributed by atoms with Crippen molar-refractivity contribution in [3.05, 3.63) is 71.3 Å². The Balaban J connectivity index is 1.97. The fourth-order valence-corrected chi connectivity index (χ4v) is 2.13. The molecular formula is C16H14BrNO2. The van der Waals surface area contributed by atoms with E-state index in [9.17, 15) is 9.59 Å². The maximum absolute atomic E-state index is 12.0. The van der Waals surface area contributed by atoms with Crippen LogP contribution in [0.5, 0.6) is 0 Å². The van der Waals surface area contributed by atoms with E-state index >= 15 is 0 Å². The summed E-state index contributed by atoms with van der Waals surface area (Å²) >= 11 is 3.35. The van der Waals surface area contributed by atoms with Crippen LogP contribution in [0.1, 0.15) is 26.3 Å². The molecule has 1 N–H and O–H groups in total. The summed E-state index contributed by atoms with van der Waals surface area (Å²) in [6.45, 7) is 0.00138. The minimum Gasteiger partial charge on any atom is -0.345 e. The third-order valence-corrected chi connectivity index (χ3v) is 3.50. The maximum Gasteiger partial charge on any atom is 0.251 e. The summed E-state index contributed by atoms with van der Waals surface area (Å²) in [7, 11) is 0. The third-order valence-electron chi connectivity index (χ3n) is 2.85. The summed E-state index contributed by atoms with van der Waals surface area (Å²) in [4.78, 5) is 23.9. The Morgan fingerprint density at radius 1 is 0.950 bits per heavy atom. The molecule has 0 saturated carbocycles. The molecule has 0 atom stereocenters. The topological polar surface area (TPSA) is 46.2 Å². The quantitative estimate of drug-likeness (QED) is 0.675. The third kappa shape index (κ3) is 3.78. The highest BCUT2D eigenvalue weighted by atomic mass is 79.9. The van der Waals surface area contributed by atoms with Crippen LogP contribution in [-0.2, 0) is 5.33 Å². The molecule has 0 spiro atoms. The molecule has 2 rings (SSSR count). The average Bonchev–Trinajstić information content (AvgIpc) is 2.53. The molecule has 0 heterocycles. The van der Waals surface area contributed by atoms with Crippen LogP contribution in [0.2, 0.25) is 0 Å². The lowest BCUT2D eigenvalue weighted by atomic mass is 10.1. The van der Waals surface area contributed by atoms with E-state index in [1.165, 1.54) is 0 Å². The van der Waals surface area contributed by atoms with Gasteiger partial charge in [0, 0.05) is 16.5 Å². The fourth-order valence-electron chi connectivity index (χ4n) is 1.78. The molecule has 0 fully saturated rings. The van der Waals surface area contributed by atoms with Gasteiger partial charge in [-0.1, -0.05) is 58.4 Å². The number of hydrogen-bond donors (Lipinski definition) is 1. The number of ketones is 1. The summed E-state index contributed by atoms with van der Waals surface area (Å²) in [5.41, 5.74) is 2.18. The van der Waals surface area contributed by atoms with Crippen LogP contribution in [0.15, 0.2) is 54.6 Å². The molecule has 0 aliphatic heterocycles. The smallest absolute Gasteiger partial charge is 0.251 e. The number of benzene rings is 2. The Kier molecular flexibility index (Phi) is 5.07. The van der Waals surface area contributed by atoms with Gasteiger partial charge in [0.05, 0.1) is 6.54 Å². The van der Waals surface area contributed by atoms with Crippen molar-refractivity contribution in [2.75, 3.05) is 6.54 Å². The van der Waals surface area contributed by atoms with Crippen molar-refractivity contribution in [1.29, 1.82) is 0 Å². The van der Waals surface area contributed by atoms with Crippen molar-refractivity contribution in [3.8, 4) is 0 Å². The zero-order valence-corrected chi connectivity index (χ0v) is 12.4. The Labute approximate surface area is 126 Å². The van der Waals surface area contributed by atoms with E-state index in [0.717, 1.165) is 5.56 Å². The summed E-state index contributed by atoms with van der Waals surface area (Å²) in [6, 6.07) is 16.2. The van der Waals surface area contributed by atoms with Crippen LogP contribution in [-0.4, -0.2) is 18.2 Å². The highest BCUT2D eigenvalue weighted by Crippen LogP contribution is 2.08. The number of hydrogen-bond acceptors (Lipinski definition) is 2. The van der Waals surface area contributed by atoms with Crippen LogP contribution >= 0.6 is 15.9 Å². The molecule has 2 aromatic carbocycles. The van der Waals surface area contributed by atoms with E-state index in [1.807, 2.05) is 18.2 Å². The molecule has 0 saturated heterocycles. The molecule has 0 unspecified atom stereocenters. The molecule has 0 radical (unpaired) electrons. The number of carbonyl (C=O) groups is 2. The SMILES string of the molecule is O=C(CNC(=O)c1cccc(CBr)c1)c1ccccc1. The van der Waals surface area contributed by atoms with E-state index in [2.05, 4.69) is 21.2 Å². The van der Waals surface area contributed by atoms with Gasteiger partial charge < -0.3 is 5.32 Å². The highest BCUT2D eigenvalue weighted by Gasteiger charge is 2.09. The Morgan fingerprint density at radius 3 is 2.35 bits per heavy atom. The predicted molar refractivity (Wildman–Crippen MR) is 82.2 cm³/mol. The van der Waals surface area contributed by atoms with Crippen molar-refractivity contribution in [2.45, 2.75) is 5.33 Å². The van der Waals surface area contributed by atoms with Gasteiger partial charge in [-0.15, -0.1) is 0 Å². The molecule has 102 valence electrons. The second-order valence-electron chi connectivity index (χ2n) is 4.31. The van der Waals surface area contributed by atoms with Gasteiger partial charge in [0.2, 0.25) is 0 Å².